The maximum absolute atomic E-state index is 12.6. The van der Waals surface area contributed by atoms with E-state index in [-0.39, 0.29) is 30.5 Å². The van der Waals surface area contributed by atoms with Gasteiger partial charge in [-0.15, -0.1) is 0 Å². The number of amides is 2. The molecule has 0 spiro atoms. The summed E-state index contributed by atoms with van der Waals surface area (Å²) < 4.78 is 5.72. The SMILES string of the molecule is CCC1Oc2ccccc2N(CCC(=O)Nc2cccc(O)c2)C1=O. The normalized spacial score (nSPS) is 16.1. The first kappa shape index (κ1) is 16.8. The van der Waals surface area contributed by atoms with Gasteiger partial charge in [-0.25, -0.2) is 0 Å². The highest BCUT2D eigenvalue weighted by Crippen LogP contribution is 2.34. The molecule has 2 aromatic carbocycles. The fourth-order valence-corrected chi connectivity index (χ4v) is 2.79. The van der Waals surface area contributed by atoms with Crippen molar-refractivity contribution in [3.05, 3.63) is 48.5 Å². The Balaban J connectivity index is 1.69. The van der Waals surface area contributed by atoms with Crippen molar-refractivity contribution in [1.29, 1.82) is 0 Å². The van der Waals surface area contributed by atoms with Gasteiger partial charge in [-0.05, 0) is 30.7 Å². The molecule has 6 heteroatoms. The van der Waals surface area contributed by atoms with Crippen molar-refractivity contribution in [1.82, 2.24) is 0 Å². The van der Waals surface area contributed by atoms with Crippen molar-refractivity contribution in [2.45, 2.75) is 25.9 Å². The number of phenolic OH excluding ortho intramolecular Hbond substituents is 1. The predicted octanol–water partition coefficient (Wildman–Crippen LogP) is 2.93. The van der Waals surface area contributed by atoms with Gasteiger partial charge in [0.2, 0.25) is 5.91 Å². The van der Waals surface area contributed by atoms with E-state index in [0.717, 1.165) is 0 Å². The first-order valence-electron chi connectivity index (χ1n) is 8.24. The van der Waals surface area contributed by atoms with Crippen LogP contribution in [0, 0.1) is 0 Å². The molecule has 1 unspecified atom stereocenters. The molecule has 0 bridgehead atoms. The van der Waals surface area contributed by atoms with Gasteiger partial charge in [0.15, 0.2) is 6.10 Å². The number of benzene rings is 2. The summed E-state index contributed by atoms with van der Waals surface area (Å²) in [5, 5.41) is 12.2. The van der Waals surface area contributed by atoms with Crippen LogP contribution in [-0.4, -0.2) is 29.6 Å². The Labute approximate surface area is 146 Å². The number of carbonyl (C=O) groups excluding carboxylic acids is 2. The van der Waals surface area contributed by atoms with Crippen LogP contribution >= 0.6 is 0 Å². The van der Waals surface area contributed by atoms with Gasteiger partial charge in [-0.1, -0.05) is 25.1 Å². The van der Waals surface area contributed by atoms with E-state index in [4.69, 9.17) is 4.74 Å². The summed E-state index contributed by atoms with van der Waals surface area (Å²) in [6, 6.07) is 13.7. The monoisotopic (exact) mass is 340 g/mol. The summed E-state index contributed by atoms with van der Waals surface area (Å²) in [5.74, 6) is 0.380. The zero-order valence-corrected chi connectivity index (χ0v) is 13.9. The number of carbonyl (C=O) groups is 2. The molecule has 1 aliphatic rings. The van der Waals surface area contributed by atoms with Crippen LogP contribution in [-0.2, 0) is 9.59 Å². The molecule has 3 rings (SSSR count). The Morgan fingerprint density at radius 2 is 2.04 bits per heavy atom. The molecule has 1 atom stereocenters. The van der Waals surface area contributed by atoms with Crippen LogP contribution in [0.25, 0.3) is 0 Å². The number of nitrogens with zero attached hydrogens (tertiary/aromatic N) is 1. The van der Waals surface area contributed by atoms with Crippen LogP contribution in [0.3, 0.4) is 0 Å². The largest absolute Gasteiger partial charge is 0.508 e. The summed E-state index contributed by atoms with van der Waals surface area (Å²) in [6.45, 7) is 2.16. The summed E-state index contributed by atoms with van der Waals surface area (Å²) in [7, 11) is 0. The van der Waals surface area contributed by atoms with Gasteiger partial charge in [-0.3, -0.25) is 9.59 Å². The number of rotatable bonds is 5. The Morgan fingerprint density at radius 3 is 2.80 bits per heavy atom. The fourth-order valence-electron chi connectivity index (χ4n) is 2.79. The number of anilines is 2. The van der Waals surface area contributed by atoms with Crippen LogP contribution in [0.1, 0.15) is 19.8 Å². The molecule has 0 fully saturated rings. The van der Waals surface area contributed by atoms with E-state index < -0.39 is 6.10 Å². The van der Waals surface area contributed by atoms with Crippen molar-refractivity contribution in [2.75, 3.05) is 16.8 Å². The highest BCUT2D eigenvalue weighted by atomic mass is 16.5. The van der Waals surface area contributed by atoms with Crippen molar-refractivity contribution in [2.24, 2.45) is 0 Å². The van der Waals surface area contributed by atoms with Crippen molar-refractivity contribution in [3.63, 3.8) is 0 Å². The lowest BCUT2D eigenvalue weighted by atomic mass is 10.1. The maximum atomic E-state index is 12.6. The molecule has 0 aromatic heterocycles. The van der Waals surface area contributed by atoms with Gasteiger partial charge >= 0.3 is 0 Å². The number of ether oxygens (including phenoxy) is 1. The predicted molar refractivity (Wildman–Crippen MR) is 94.9 cm³/mol. The first-order chi connectivity index (χ1) is 12.1. The van der Waals surface area contributed by atoms with Gasteiger partial charge < -0.3 is 20.1 Å². The molecule has 6 nitrogen and oxygen atoms in total. The molecule has 2 N–H and O–H groups in total. The van der Waals surface area contributed by atoms with E-state index in [1.54, 1.807) is 17.0 Å². The summed E-state index contributed by atoms with van der Waals surface area (Å²) in [4.78, 5) is 26.4. The Bertz CT molecular complexity index is 790. The molecule has 1 heterocycles. The fraction of sp³-hybridized carbons (Fsp3) is 0.263. The number of hydrogen-bond donors (Lipinski definition) is 2. The minimum atomic E-state index is -0.524. The van der Waals surface area contributed by atoms with E-state index in [0.29, 0.717) is 23.5 Å². The van der Waals surface area contributed by atoms with Crippen LogP contribution in [0.2, 0.25) is 0 Å². The minimum absolute atomic E-state index is 0.0841. The quantitative estimate of drug-likeness (QED) is 0.877. The molecule has 0 radical (unpaired) electrons. The van der Waals surface area contributed by atoms with E-state index in [1.807, 2.05) is 31.2 Å². The molecule has 25 heavy (non-hydrogen) atoms. The van der Waals surface area contributed by atoms with Crippen LogP contribution in [0.4, 0.5) is 11.4 Å². The lowest BCUT2D eigenvalue weighted by molar-refractivity contribution is -0.126. The third-order valence-electron chi connectivity index (χ3n) is 4.03. The van der Waals surface area contributed by atoms with E-state index in [1.165, 1.54) is 12.1 Å². The Morgan fingerprint density at radius 1 is 1.24 bits per heavy atom. The molecule has 0 saturated heterocycles. The van der Waals surface area contributed by atoms with E-state index in [2.05, 4.69) is 5.32 Å². The zero-order chi connectivity index (χ0) is 17.8. The summed E-state index contributed by atoms with van der Waals surface area (Å²) >= 11 is 0. The number of aromatic hydroxyl groups is 1. The van der Waals surface area contributed by atoms with Gasteiger partial charge in [0.1, 0.15) is 11.5 Å². The topological polar surface area (TPSA) is 78.9 Å². The standard InChI is InChI=1S/C19H20N2O4/c1-2-16-19(24)21(15-8-3-4-9-17(15)25-16)11-10-18(23)20-13-6-5-7-14(22)12-13/h3-9,12,16,22H,2,10-11H2,1H3,(H,20,23). The maximum Gasteiger partial charge on any atom is 0.268 e. The Hall–Kier alpha value is -3.02. The van der Waals surface area contributed by atoms with E-state index in [9.17, 15) is 14.7 Å². The molecular weight excluding hydrogens is 320 g/mol. The number of para-hydroxylation sites is 2. The van der Waals surface area contributed by atoms with Crippen molar-refractivity contribution < 1.29 is 19.4 Å². The lowest BCUT2D eigenvalue weighted by Gasteiger charge is -2.33. The van der Waals surface area contributed by atoms with Crippen molar-refractivity contribution >= 4 is 23.2 Å². The van der Waals surface area contributed by atoms with Gasteiger partial charge in [0.25, 0.3) is 5.91 Å². The number of phenols is 1. The van der Waals surface area contributed by atoms with Crippen molar-refractivity contribution in [3.8, 4) is 11.5 Å². The summed E-state index contributed by atoms with van der Waals surface area (Å²) in [6.07, 6.45) is 0.190. The summed E-state index contributed by atoms with van der Waals surface area (Å²) in [5.41, 5.74) is 1.20. The molecular formula is C19H20N2O4. The second kappa shape index (κ2) is 7.25. The Kier molecular flexibility index (Phi) is 4.88. The smallest absolute Gasteiger partial charge is 0.268 e. The second-order valence-corrected chi connectivity index (χ2v) is 5.82. The minimum Gasteiger partial charge on any atom is -0.508 e. The number of hydrogen-bond acceptors (Lipinski definition) is 4. The highest BCUT2D eigenvalue weighted by molar-refractivity contribution is 6.01. The molecule has 130 valence electrons. The zero-order valence-electron chi connectivity index (χ0n) is 13.9. The highest BCUT2D eigenvalue weighted by Gasteiger charge is 2.33. The van der Waals surface area contributed by atoms with E-state index >= 15 is 0 Å². The van der Waals surface area contributed by atoms with Gasteiger partial charge in [-0.2, -0.15) is 0 Å². The van der Waals surface area contributed by atoms with Crippen LogP contribution in [0.15, 0.2) is 48.5 Å². The first-order valence-corrected chi connectivity index (χ1v) is 8.24. The average Bonchev–Trinajstić information content (AvgIpc) is 2.60. The molecule has 0 aliphatic carbocycles. The third kappa shape index (κ3) is 3.74. The number of nitrogens with one attached hydrogen (secondary N) is 1. The van der Waals surface area contributed by atoms with Crippen LogP contribution in [0.5, 0.6) is 11.5 Å². The van der Waals surface area contributed by atoms with Gasteiger partial charge in [0, 0.05) is 24.7 Å². The van der Waals surface area contributed by atoms with Crippen LogP contribution < -0.4 is 15.0 Å². The third-order valence-corrected chi connectivity index (χ3v) is 4.03. The molecule has 0 saturated carbocycles. The molecule has 1 aliphatic heterocycles. The second-order valence-electron chi connectivity index (χ2n) is 5.82. The average molecular weight is 340 g/mol. The van der Waals surface area contributed by atoms with Gasteiger partial charge in [0.05, 0.1) is 5.69 Å². The molecule has 2 amide bonds. The lowest BCUT2D eigenvalue weighted by Crippen LogP contribution is -2.46. The number of fused-ring (bicyclic) bond motifs is 1. The molecule has 2 aromatic rings.